The minimum Gasteiger partial charge on any atom is -0.481 e. The zero-order valence-electron chi connectivity index (χ0n) is 9.05. The number of nitrogens with one attached hydrogen (secondary N) is 1. The van der Waals surface area contributed by atoms with Crippen molar-refractivity contribution in [2.45, 2.75) is 13.0 Å². The third-order valence-corrected chi connectivity index (χ3v) is 2.96. The van der Waals surface area contributed by atoms with Crippen LogP contribution in [0.25, 0.3) is 10.8 Å². The molecular weight excluding hydrogens is 240 g/mol. The van der Waals surface area contributed by atoms with Crippen LogP contribution in [0.4, 0.5) is 0 Å². The number of hydrogen-bond acceptors (Lipinski definition) is 5. The van der Waals surface area contributed by atoms with Crippen molar-refractivity contribution >= 4 is 17.3 Å². The molecule has 0 aliphatic rings. The van der Waals surface area contributed by atoms with Gasteiger partial charge >= 0.3 is 5.97 Å². The van der Waals surface area contributed by atoms with Gasteiger partial charge in [-0.1, -0.05) is 6.07 Å². The number of aliphatic carboxylic acids is 1. The van der Waals surface area contributed by atoms with Gasteiger partial charge in [0.05, 0.1) is 17.0 Å². The quantitative estimate of drug-likeness (QED) is 0.769. The monoisotopic (exact) mass is 252 g/mol. The molecule has 0 spiro atoms. The maximum absolute atomic E-state index is 10.3. The molecule has 0 bridgehead atoms. The van der Waals surface area contributed by atoms with Crippen molar-refractivity contribution < 1.29 is 14.3 Å². The van der Waals surface area contributed by atoms with E-state index in [1.807, 2.05) is 17.5 Å². The molecular formula is C11H12N2O3S. The van der Waals surface area contributed by atoms with Gasteiger partial charge in [0.25, 0.3) is 0 Å². The number of hydrogen-bond donors (Lipinski definition) is 2. The Kier molecular flexibility index (Phi) is 3.89. The van der Waals surface area contributed by atoms with Crippen molar-refractivity contribution in [2.75, 3.05) is 6.54 Å². The average molecular weight is 252 g/mol. The molecule has 0 atom stereocenters. The van der Waals surface area contributed by atoms with Crippen LogP contribution in [-0.2, 0) is 11.3 Å². The molecule has 2 heterocycles. The molecule has 6 heteroatoms. The van der Waals surface area contributed by atoms with Crippen LogP contribution in [0.1, 0.15) is 12.1 Å². The predicted molar refractivity (Wildman–Crippen MR) is 63.8 cm³/mol. The number of carboxylic acid groups (broad SMARTS) is 1. The fourth-order valence-corrected chi connectivity index (χ4v) is 1.97. The van der Waals surface area contributed by atoms with Gasteiger partial charge in [-0.15, -0.1) is 11.3 Å². The van der Waals surface area contributed by atoms with Crippen molar-refractivity contribution in [1.29, 1.82) is 0 Å². The van der Waals surface area contributed by atoms with Gasteiger partial charge in [0.2, 0.25) is 5.89 Å². The van der Waals surface area contributed by atoms with Crippen LogP contribution < -0.4 is 5.32 Å². The summed E-state index contributed by atoms with van der Waals surface area (Å²) >= 11 is 1.57. The van der Waals surface area contributed by atoms with Gasteiger partial charge < -0.3 is 14.8 Å². The van der Waals surface area contributed by atoms with Gasteiger partial charge in [-0.3, -0.25) is 4.79 Å². The van der Waals surface area contributed by atoms with Crippen LogP contribution >= 0.6 is 11.3 Å². The van der Waals surface area contributed by atoms with Crippen LogP contribution in [-0.4, -0.2) is 22.6 Å². The fraction of sp³-hybridized carbons (Fsp3) is 0.273. The Bertz CT molecular complexity index is 479. The Morgan fingerprint density at radius 3 is 3.18 bits per heavy atom. The highest BCUT2D eigenvalue weighted by Crippen LogP contribution is 2.23. The molecule has 2 aromatic rings. The first kappa shape index (κ1) is 11.8. The van der Waals surface area contributed by atoms with E-state index in [9.17, 15) is 4.79 Å². The first-order valence-corrected chi connectivity index (χ1v) is 6.04. The Balaban J connectivity index is 1.84. The molecule has 0 amide bonds. The van der Waals surface area contributed by atoms with Crippen LogP contribution in [0.5, 0.6) is 0 Å². The molecule has 0 saturated carbocycles. The molecule has 0 aromatic carbocycles. The molecule has 5 nitrogen and oxygen atoms in total. The van der Waals surface area contributed by atoms with E-state index in [2.05, 4.69) is 10.3 Å². The van der Waals surface area contributed by atoms with E-state index in [1.165, 1.54) is 0 Å². The SMILES string of the molecule is O=C(O)CCNCc1coc(-c2cccs2)n1. The summed E-state index contributed by atoms with van der Waals surface area (Å²) in [6.45, 7) is 0.943. The first-order valence-electron chi connectivity index (χ1n) is 5.16. The third kappa shape index (κ3) is 3.40. The average Bonchev–Trinajstić information content (AvgIpc) is 2.94. The Labute approximate surface area is 102 Å². The number of nitrogens with zero attached hydrogens (tertiary/aromatic N) is 1. The topological polar surface area (TPSA) is 75.4 Å². The van der Waals surface area contributed by atoms with Gasteiger partial charge in [-0.25, -0.2) is 4.98 Å². The predicted octanol–water partition coefficient (Wildman–Crippen LogP) is 1.97. The van der Waals surface area contributed by atoms with Crippen LogP contribution in [0.2, 0.25) is 0 Å². The standard InChI is InChI=1S/C11H12N2O3S/c14-10(15)3-4-12-6-8-7-16-11(13-8)9-2-1-5-17-9/h1-2,5,7,12H,3-4,6H2,(H,14,15). The molecule has 90 valence electrons. The summed E-state index contributed by atoms with van der Waals surface area (Å²) in [5.74, 6) is -0.202. The normalized spacial score (nSPS) is 10.6. The second kappa shape index (κ2) is 5.60. The second-order valence-electron chi connectivity index (χ2n) is 3.44. The highest BCUT2D eigenvalue weighted by Gasteiger charge is 2.07. The van der Waals surface area contributed by atoms with E-state index in [4.69, 9.17) is 9.52 Å². The van der Waals surface area contributed by atoms with Gasteiger partial charge in [0.1, 0.15) is 6.26 Å². The molecule has 0 unspecified atom stereocenters. The van der Waals surface area contributed by atoms with Gasteiger partial charge in [-0.2, -0.15) is 0 Å². The smallest absolute Gasteiger partial charge is 0.304 e. The van der Waals surface area contributed by atoms with E-state index >= 15 is 0 Å². The van der Waals surface area contributed by atoms with E-state index in [0.29, 0.717) is 19.0 Å². The van der Waals surface area contributed by atoms with Crippen molar-refractivity contribution in [3.05, 3.63) is 29.5 Å². The number of carboxylic acids is 1. The van der Waals surface area contributed by atoms with E-state index in [-0.39, 0.29) is 6.42 Å². The highest BCUT2D eigenvalue weighted by atomic mass is 32.1. The van der Waals surface area contributed by atoms with Crippen LogP contribution in [0.3, 0.4) is 0 Å². The largest absolute Gasteiger partial charge is 0.481 e. The Morgan fingerprint density at radius 1 is 1.59 bits per heavy atom. The lowest BCUT2D eigenvalue weighted by atomic mass is 10.4. The fourth-order valence-electron chi connectivity index (χ4n) is 1.31. The molecule has 0 saturated heterocycles. The maximum atomic E-state index is 10.3. The molecule has 2 aromatic heterocycles. The Morgan fingerprint density at radius 2 is 2.47 bits per heavy atom. The summed E-state index contributed by atoms with van der Waals surface area (Å²) in [7, 11) is 0. The molecule has 2 N–H and O–H groups in total. The minimum absolute atomic E-state index is 0.107. The number of oxazole rings is 1. The van der Waals surface area contributed by atoms with Gasteiger partial charge in [0.15, 0.2) is 0 Å². The zero-order chi connectivity index (χ0) is 12.1. The summed E-state index contributed by atoms with van der Waals surface area (Å²) in [5, 5.41) is 13.4. The van der Waals surface area contributed by atoms with Gasteiger partial charge in [-0.05, 0) is 11.4 Å². The maximum Gasteiger partial charge on any atom is 0.304 e. The summed E-state index contributed by atoms with van der Waals surface area (Å²) < 4.78 is 5.33. The summed E-state index contributed by atoms with van der Waals surface area (Å²) in [6, 6.07) is 3.88. The first-order chi connectivity index (χ1) is 8.25. The number of thiophene rings is 1. The summed E-state index contributed by atoms with van der Waals surface area (Å²) in [5.41, 5.74) is 0.777. The zero-order valence-corrected chi connectivity index (χ0v) is 9.87. The molecule has 0 radical (unpaired) electrons. The summed E-state index contributed by atoms with van der Waals surface area (Å²) in [4.78, 5) is 15.6. The molecule has 17 heavy (non-hydrogen) atoms. The number of rotatable bonds is 6. The van der Waals surface area contributed by atoms with E-state index in [0.717, 1.165) is 10.6 Å². The number of aromatic nitrogens is 1. The minimum atomic E-state index is -0.808. The highest BCUT2D eigenvalue weighted by molar-refractivity contribution is 7.13. The second-order valence-corrected chi connectivity index (χ2v) is 4.39. The van der Waals surface area contributed by atoms with Crippen LogP contribution in [0, 0.1) is 0 Å². The van der Waals surface area contributed by atoms with Gasteiger partial charge in [0, 0.05) is 13.1 Å². The Hall–Kier alpha value is -1.66. The molecule has 0 fully saturated rings. The van der Waals surface area contributed by atoms with E-state index < -0.39 is 5.97 Å². The molecule has 0 aliphatic carbocycles. The third-order valence-electron chi connectivity index (χ3n) is 2.11. The van der Waals surface area contributed by atoms with Crippen molar-refractivity contribution in [1.82, 2.24) is 10.3 Å². The van der Waals surface area contributed by atoms with E-state index in [1.54, 1.807) is 17.6 Å². The van der Waals surface area contributed by atoms with Crippen LogP contribution in [0.15, 0.2) is 28.2 Å². The molecule has 2 rings (SSSR count). The lowest BCUT2D eigenvalue weighted by Gasteiger charge is -1.97. The number of carbonyl (C=O) groups is 1. The van der Waals surface area contributed by atoms with Crippen molar-refractivity contribution in [2.24, 2.45) is 0 Å². The lowest BCUT2D eigenvalue weighted by molar-refractivity contribution is -0.136. The lowest BCUT2D eigenvalue weighted by Crippen LogP contribution is -2.17. The molecule has 0 aliphatic heterocycles. The van der Waals surface area contributed by atoms with Crippen molar-refractivity contribution in [3.63, 3.8) is 0 Å². The summed E-state index contributed by atoms with van der Waals surface area (Å²) in [6.07, 6.45) is 1.69. The van der Waals surface area contributed by atoms with Crippen molar-refractivity contribution in [3.8, 4) is 10.8 Å².